The fourth-order valence-corrected chi connectivity index (χ4v) is 2.25. The van der Waals surface area contributed by atoms with Crippen molar-refractivity contribution in [2.75, 3.05) is 6.61 Å². The molecule has 25 heavy (non-hydrogen) atoms. The first kappa shape index (κ1) is 18.4. The van der Waals surface area contributed by atoms with Crippen molar-refractivity contribution < 1.29 is 4.74 Å². The van der Waals surface area contributed by atoms with Crippen molar-refractivity contribution in [3.63, 3.8) is 0 Å². The largest absolute Gasteiger partial charge is 0.494 e. The maximum absolute atomic E-state index is 12.8. The number of hydrogen-bond donors (Lipinski definition) is 2. The van der Waals surface area contributed by atoms with Crippen LogP contribution in [0.5, 0.6) is 5.75 Å². The number of nitrogens with two attached hydrogens (primary N) is 1. The molecule has 0 aliphatic heterocycles. The van der Waals surface area contributed by atoms with E-state index in [1.807, 2.05) is 6.92 Å². The topological polar surface area (TPSA) is 104 Å². The molecule has 0 spiro atoms. The summed E-state index contributed by atoms with van der Waals surface area (Å²) in [7, 11) is 1.56. The van der Waals surface area contributed by atoms with Gasteiger partial charge in [0.2, 0.25) is 0 Å². The van der Waals surface area contributed by atoms with Crippen LogP contribution in [-0.4, -0.2) is 26.6 Å². The van der Waals surface area contributed by atoms with Gasteiger partial charge in [-0.15, -0.1) is 0 Å². The molecule has 1 aromatic heterocycles. The third kappa shape index (κ3) is 4.13. The SMILES string of the molecule is CCOc1ccc(-n2c(=O)c(/C(C)=N\NC(N)=S)cn(C)c2=O)cc1. The molecule has 9 heteroatoms. The van der Waals surface area contributed by atoms with E-state index in [4.69, 9.17) is 10.5 Å². The van der Waals surface area contributed by atoms with Crippen molar-refractivity contribution in [3.05, 3.63) is 56.9 Å². The average Bonchev–Trinajstić information content (AvgIpc) is 2.58. The molecule has 0 aliphatic rings. The van der Waals surface area contributed by atoms with Crippen LogP contribution in [0.1, 0.15) is 19.4 Å². The number of rotatable bonds is 5. The third-order valence-corrected chi connectivity index (χ3v) is 3.47. The molecule has 8 nitrogen and oxygen atoms in total. The number of ether oxygens (including phenoxy) is 1. The smallest absolute Gasteiger partial charge is 0.335 e. The first-order chi connectivity index (χ1) is 11.8. The van der Waals surface area contributed by atoms with E-state index < -0.39 is 11.2 Å². The van der Waals surface area contributed by atoms with Crippen molar-refractivity contribution in [2.45, 2.75) is 13.8 Å². The lowest BCUT2D eigenvalue weighted by atomic mass is 10.2. The molecule has 0 bridgehead atoms. The Balaban J connectivity index is 2.59. The zero-order valence-electron chi connectivity index (χ0n) is 14.1. The first-order valence-electron chi connectivity index (χ1n) is 7.51. The molecule has 0 saturated heterocycles. The molecule has 0 aliphatic carbocycles. The van der Waals surface area contributed by atoms with Crippen molar-refractivity contribution >= 4 is 23.0 Å². The Kier molecular flexibility index (Phi) is 5.71. The zero-order chi connectivity index (χ0) is 18.6. The molecule has 0 fully saturated rings. The van der Waals surface area contributed by atoms with Crippen LogP contribution in [0, 0.1) is 0 Å². The molecule has 1 aromatic carbocycles. The quantitative estimate of drug-likeness (QED) is 0.456. The Bertz CT molecular complexity index is 928. The van der Waals surface area contributed by atoms with Crippen LogP contribution in [0.25, 0.3) is 5.69 Å². The van der Waals surface area contributed by atoms with Crippen LogP contribution in [-0.2, 0) is 7.05 Å². The van der Waals surface area contributed by atoms with Crippen LogP contribution >= 0.6 is 12.2 Å². The maximum Gasteiger partial charge on any atom is 0.335 e. The zero-order valence-corrected chi connectivity index (χ0v) is 15.0. The molecular weight excluding hydrogens is 342 g/mol. The van der Waals surface area contributed by atoms with Crippen molar-refractivity contribution in [3.8, 4) is 11.4 Å². The van der Waals surface area contributed by atoms with Crippen LogP contribution < -0.4 is 27.1 Å². The molecule has 0 unspecified atom stereocenters. The number of aryl methyl sites for hydroxylation is 1. The highest BCUT2D eigenvalue weighted by molar-refractivity contribution is 7.80. The Morgan fingerprint density at radius 3 is 2.52 bits per heavy atom. The third-order valence-electron chi connectivity index (χ3n) is 3.38. The van der Waals surface area contributed by atoms with Crippen LogP contribution in [0.2, 0.25) is 0 Å². The summed E-state index contributed by atoms with van der Waals surface area (Å²) in [5, 5.41) is 3.93. The second-order valence-corrected chi connectivity index (χ2v) is 5.62. The fraction of sp³-hybridized carbons (Fsp3) is 0.250. The van der Waals surface area contributed by atoms with Gasteiger partial charge in [-0.05, 0) is 50.3 Å². The molecule has 1 heterocycles. The minimum atomic E-state index is -0.488. The van der Waals surface area contributed by atoms with E-state index in [0.717, 1.165) is 4.57 Å². The predicted molar refractivity (Wildman–Crippen MR) is 101 cm³/mol. The summed E-state index contributed by atoms with van der Waals surface area (Å²) in [6, 6.07) is 6.70. The Morgan fingerprint density at radius 1 is 1.32 bits per heavy atom. The molecular formula is C16H19N5O3S. The summed E-state index contributed by atoms with van der Waals surface area (Å²) in [6.45, 7) is 4.03. The van der Waals surface area contributed by atoms with E-state index in [1.165, 1.54) is 10.8 Å². The normalized spacial score (nSPS) is 11.2. The molecule has 0 atom stereocenters. The molecule has 132 valence electrons. The monoisotopic (exact) mass is 361 g/mol. The van der Waals surface area contributed by atoms with E-state index in [2.05, 4.69) is 22.7 Å². The Labute approximate surface area is 149 Å². The van der Waals surface area contributed by atoms with E-state index in [-0.39, 0.29) is 10.7 Å². The standard InChI is InChI=1S/C16H19N5O3S/c1-4-24-12-7-5-11(6-8-12)21-14(22)13(9-20(3)16(21)23)10(2)18-19-15(17)25/h5-9H,4H2,1-3H3,(H3,17,19,25)/b18-10-. The number of hydrazone groups is 1. The average molecular weight is 361 g/mol. The van der Waals surface area contributed by atoms with Gasteiger partial charge in [-0.2, -0.15) is 5.10 Å². The first-order valence-corrected chi connectivity index (χ1v) is 7.92. The molecule has 0 saturated carbocycles. The maximum atomic E-state index is 12.8. The molecule has 2 aromatic rings. The van der Waals surface area contributed by atoms with E-state index in [1.54, 1.807) is 38.2 Å². The Hall–Kier alpha value is -2.94. The van der Waals surface area contributed by atoms with Gasteiger partial charge in [0.05, 0.1) is 23.6 Å². The summed E-state index contributed by atoms with van der Waals surface area (Å²) < 4.78 is 7.76. The van der Waals surface area contributed by atoms with Gasteiger partial charge in [-0.1, -0.05) is 0 Å². The highest BCUT2D eigenvalue weighted by atomic mass is 32.1. The number of benzene rings is 1. The van der Waals surface area contributed by atoms with Gasteiger partial charge in [-0.25, -0.2) is 9.36 Å². The van der Waals surface area contributed by atoms with Gasteiger partial charge in [0.15, 0.2) is 5.11 Å². The van der Waals surface area contributed by atoms with Gasteiger partial charge in [0, 0.05) is 13.2 Å². The van der Waals surface area contributed by atoms with Crippen molar-refractivity contribution in [2.24, 2.45) is 17.9 Å². The second-order valence-electron chi connectivity index (χ2n) is 5.18. The number of aromatic nitrogens is 2. The lowest BCUT2D eigenvalue weighted by Crippen LogP contribution is -2.40. The van der Waals surface area contributed by atoms with Crippen LogP contribution in [0.15, 0.2) is 45.2 Å². The lowest BCUT2D eigenvalue weighted by Gasteiger charge is -2.11. The lowest BCUT2D eigenvalue weighted by molar-refractivity contribution is 0.340. The summed E-state index contributed by atoms with van der Waals surface area (Å²) in [5.74, 6) is 0.658. The molecule has 0 amide bonds. The number of nitrogens with one attached hydrogen (secondary N) is 1. The molecule has 0 radical (unpaired) electrons. The minimum absolute atomic E-state index is 0.0176. The van der Waals surface area contributed by atoms with Gasteiger partial charge in [0.25, 0.3) is 5.56 Å². The van der Waals surface area contributed by atoms with Gasteiger partial charge < -0.3 is 15.0 Å². The number of hydrogen-bond acceptors (Lipinski definition) is 5. The summed E-state index contributed by atoms with van der Waals surface area (Å²) >= 11 is 4.69. The van der Waals surface area contributed by atoms with Gasteiger partial charge in [-0.3, -0.25) is 10.2 Å². The predicted octanol–water partition coefficient (Wildman–Crippen LogP) is 0.492. The van der Waals surface area contributed by atoms with Gasteiger partial charge in [0.1, 0.15) is 5.75 Å². The van der Waals surface area contributed by atoms with Crippen molar-refractivity contribution in [1.29, 1.82) is 0 Å². The minimum Gasteiger partial charge on any atom is -0.494 e. The highest BCUT2D eigenvalue weighted by Gasteiger charge is 2.14. The summed E-state index contributed by atoms with van der Waals surface area (Å²) in [5.41, 5.74) is 7.85. The Morgan fingerprint density at radius 2 is 1.96 bits per heavy atom. The number of thiocarbonyl (C=S) groups is 1. The fourth-order valence-electron chi connectivity index (χ4n) is 2.20. The van der Waals surface area contributed by atoms with E-state index in [9.17, 15) is 9.59 Å². The van der Waals surface area contributed by atoms with E-state index in [0.29, 0.717) is 23.8 Å². The van der Waals surface area contributed by atoms with E-state index >= 15 is 0 Å². The second kappa shape index (κ2) is 7.75. The summed E-state index contributed by atoms with van der Waals surface area (Å²) in [4.78, 5) is 25.2. The van der Waals surface area contributed by atoms with Crippen LogP contribution in [0.4, 0.5) is 0 Å². The molecule has 3 N–H and O–H groups in total. The number of nitrogens with zero attached hydrogens (tertiary/aromatic N) is 3. The van der Waals surface area contributed by atoms with Crippen LogP contribution in [0.3, 0.4) is 0 Å². The highest BCUT2D eigenvalue weighted by Crippen LogP contribution is 2.13. The van der Waals surface area contributed by atoms with Crippen molar-refractivity contribution in [1.82, 2.24) is 14.6 Å². The summed E-state index contributed by atoms with van der Waals surface area (Å²) in [6.07, 6.45) is 1.43. The molecule has 2 rings (SSSR count). The van der Waals surface area contributed by atoms with Gasteiger partial charge >= 0.3 is 5.69 Å².